The first-order valence-electron chi connectivity index (χ1n) is 3.43. The van der Waals surface area contributed by atoms with Gasteiger partial charge >= 0.3 is 0 Å². The number of rotatable bonds is 0. The number of aryl methyl sites for hydroxylation is 1. The van der Waals surface area contributed by atoms with Crippen molar-refractivity contribution < 1.29 is 5.11 Å². The predicted octanol–water partition coefficient (Wildman–Crippen LogP) is 1.61. The summed E-state index contributed by atoms with van der Waals surface area (Å²) in [6.07, 6.45) is 0. The van der Waals surface area contributed by atoms with Crippen molar-refractivity contribution in [3.63, 3.8) is 0 Å². The quantitative estimate of drug-likeness (QED) is 0.575. The van der Waals surface area contributed by atoms with E-state index in [1.165, 1.54) is 5.56 Å². The second-order valence-electron chi connectivity index (χ2n) is 1.97. The van der Waals surface area contributed by atoms with Crippen LogP contribution in [0.4, 0.5) is 0 Å². The summed E-state index contributed by atoms with van der Waals surface area (Å²) in [5, 5.41) is 7.57. The first-order valence-corrected chi connectivity index (χ1v) is 3.43. The van der Waals surface area contributed by atoms with E-state index >= 15 is 0 Å². The summed E-state index contributed by atoms with van der Waals surface area (Å²) in [6.45, 7) is 4.01. The Kier molecular flexibility index (Phi) is 12.2. The van der Waals surface area contributed by atoms with Crippen LogP contribution in [0, 0.1) is 6.92 Å². The van der Waals surface area contributed by atoms with Crippen molar-refractivity contribution in [3.8, 4) is 0 Å². The maximum Gasteiger partial charge on any atom is 0.0402 e. The molecule has 1 nitrogen and oxygen atoms in total. The van der Waals surface area contributed by atoms with Gasteiger partial charge in [0.15, 0.2) is 0 Å². The van der Waals surface area contributed by atoms with Crippen LogP contribution in [0.1, 0.15) is 12.5 Å². The molecule has 0 atom stereocenters. The van der Waals surface area contributed by atoms with Crippen molar-refractivity contribution >= 4 is 23.1 Å². The number of benzene rings is 1. The van der Waals surface area contributed by atoms with Crippen LogP contribution in [0.5, 0.6) is 0 Å². The Morgan fingerprint density at radius 3 is 1.73 bits per heavy atom. The van der Waals surface area contributed by atoms with Crippen LogP contribution >= 0.6 is 0 Å². The van der Waals surface area contributed by atoms with Crippen molar-refractivity contribution in [2.45, 2.75) is 13.8 Å². The largest absolute Gasteiger partial charge is 0.397 e. The standard InChI is InChI=1S/C7H8.C2H6O.Mg/c1-7-5-3-2-4-6-7;1-2-3;/h2-6H,1H3;3H,2H2,1H3;. The molecular formula is C9H14MgO. The van der Waals surface area contributed by atoms with Crippen molar-refractivity contribution in [1.29, 1.82) is 0 Å². The predicted molar refractivity (Wildman–Crippen MR) is 49.7 cm³/mol. The molecule has 0 heterocycles. The summed E-state index contributed by atoms with van der Waals surface area (Å²) in [4.78, 5) is 0. The molecule has 2 radical (unpaired) electrons. The van der Waals surface area contributed by atoms with Gasteiger partial charge < -0.3 is 5.11 Å². The zero-order valence-electron chi connectivity index (χ0n) is 7.25. The van der Waals surface area contributed by atoms with Crippen LogP contribution in [-0.4, -0.2) is 34.8 Å². The van der Waals surface area contributed by atoms with Crippen LogP contribution < -0.4 is 0 Å². The Bertz CT molecular complexity index is 151. The minimum atomic E-state index is 0. The fourth-order valence-electron chi connectivity index (χ4n) is 0.534. The van der Waals surface area contributed by atoms with Crippen molar-refractivity contribution in [1.82, 2.24) is 0 Å². The van der Waals surface area contributed by atoms with Crippen LogP contribution in [-0.2, 0) is 0 Å². The first-order chi connectivity index (χ1) is 4.81. The van der Waals surface area contributed by atoms with Gasteiger partial charge in [-0.1, -0.05) is 35.9 Å². The minimum absolute atomic E-state index is 0. The number of aliphatic hydroxyl groups excluding tert-OH is 1. The lowest BCUT2D eigenvalue weighted by Crippen LogP contribution is -1.62. The molecule has 2 heteroatoms. The van der Waals surface area contributed by atoms with E-state index in [-0.39, 0.29) is 29.7 Å². The Hall–Kier alpha value is -0.0538. The molecule has 0 aromatic heterocycles. The zero-order valence-corrected chi connectivity index (χ0v) is 8.66. The Labute approximate surface area is 84.6 Å². The molecule has 1 N–H and O–H groups in total. The lowest BCUT2D eigenvalue weighted by Gasteiger charge is -1.82. The molecule has 0 fully saturated rings. The molecule has 0 unspecified atom stereocenters. The smallest absolute Gasteiger partial charge is 0.0402 e. The highest BCUT2D eigenvalue weighted by atomic mass is 24.3. The summed E-state index contributed by atoms with van der Waals surface area (Å²) < 4.78 is 0. The van der Waals surface area contributed by atoms with Gasteiger partial charge in [0.1, 0.15) is 0 Å². The Morgan fingerprint density at radius 1 is 1.18 bits per heavy atom. The molecule has 1 aromatic rings. The third-order valence-electron chi connectivity index (χ3n) is 0.940. The van der Waals surface area contributed by atoms with Gasteiger partial charge in [-0.05, 0) is 13.8 Å². The molecule has 1 aromatic carbocycles. The molecule has 1 rings (SSSR count). The maximum atomic E-state index is 7.57. The fraction of sp³-hybridized carbons (Fsp3) is 0.333. The van der Waals surface area contributed by atoms with E-state index in [4.69, 9.17) is 5.11 Å². The first kappa shape index (κ1) is 13.5. The average Bonchev–Trinajstić information content (AvgIpc) is 1.91. The monoisotopic (exact) mass is 162 g/mol. The third kappa shape index (κ3) is 9.95. The highest BCUT2D eigenvalue weighted by Crippen LogP contribution is 1.92. The van der Waals surface area contributed by atoms with Crippen LogP contribution in [0.3, 0.4) is 0 Å². The van der Waals surface area contributed by atoms with E-state index in [2.05, 4.69) is 19.1 Å². The second kappa shape index (κ2) is 9.95. The third-order valence-corrected chi connectivity index (χ3v) is 0.940. The number of hydrogen-bond acceptors (Lipinski definition) is 1. The normalized spacial score (nSPS) is 7.18. The summed E-state index contributed by atoms with van der Waals surface area (Å²) in [5.74, 6) is 0. The minimum Gasteiger partial charge on any atom is -0.397 e. The number of aliphatic hydroxyl groups is 1. The molecule has 0 amide bonds. The van der Waals surface area contributed by atoms with Gasteiger partial charge in [0, 0.05) is 29.7 Å². The van der Waals surface area contributed by atoms with E-state index in [1.54, 1.807) is 6.92 Å². The Morgan fingerprint density at radius 2 is 1.55 bits per heavy atom. The topological polar surface area (TPSA) is 20.2 Å². The lowest BCUT2D eigenvalue weighted by atomic mass is 10.2. The van der Waals surface area contributed by atoms with Crippen molar-refractivity contribution in [3.05, 3.63) is 35.9 Å². The van der Waals surface area contributed by atoms with Gasteiger partial charge in [0.2, 0.25) is 0 Å². The van der Waals surface area contributed by atoms with E-state index in [1.807, 2.05) is 18.2 Å². The average molecular weight is 163 g/mol. The summed E-state index contributed by atoms with van der Waals surface area (Å²) in [7, 11) is 0. The molecule has 0 aliphatic heterocycles. The molecule has 0 spiro atoms. The van der Waals surface area contributed by atoms with Crippen molar-refractivity contribution in [2.75, 3.05) is 6.61 Å². The summed E-state index contributed by atoms with van der Waals surface area (Å²) in [6, 6.07) is 10.3. The summed E-state index contributed by atoms with van der Waals surface area (Å²) in [5.41, 5.74) is 1.32. The maximum absolute atomic E-state index is 7.57. The molecule has 58 valence electrons. The van der Waals surface area contributed by atoms with Gasteiger partial charge in [-0.2, -0.15) is 0 Å². The fourth-order valence-corrected chi connectivity index (χ4v) is 0.534. The van der Waals surface area contributed by atoms with E-state index in [9.17, 15) is 0 Å². The molecule has 0 saturated heterocycles. The highest BCUT2D eigenvalue weighted by Gasteiger charge is 1.72. The van der Waals surface area contributed by atoms with Gasteiger partial charge in [-0.15, -0.1) is 0 Å². The molecule has 0 aliphatic carbocycles. The van der Waals surface area contributed by atoms with Crippen LogP contribution in [0.15, 0.2) is 30.3 Å². The van der Waals surface area contributed by atoms with Gasteiger partial charge in [0.05, 0.1) is 0 Å². The lowest BCUT2D eigenvalue weighted by molar-refractivity contribution is 0.318. The van der Waals surface area contributed by atoms with E-state index in [0.717, 1.165) is 0 Å². The molecule has 0 aliphatic rings. The Balaban J connectivity index is 0. The van der Waals surface area contributed by atoms with Crippen molar-refractivity contribution in [2.24, 2.45) is 0 Å². The van der Waals surface area contributed by atoms with Gasteiger partial charge in [0.25, 0.3) is 0 Å². The van der Waals surface area contributed by atoms with Gasteiger partial charge in [-0.25, -0.2) is 0 Å². The molecular weight excluding hydrogens is 148 g/mol. The zero-order chi connectivity index (χ0) is 7.82. The summed E-state index contributed by atoms with van der Waals surface area (Å²) >= 11 is 0. The highest BCUT2D eigenvalue weighted by molar-refractivity contribution is 5.75. The number of hydrogen-bond donors (Lipinski definition) is 1. The second-order valence-corrected chi connectivity index (χ2v) is 1.97. The molecule has 11 heavy (non-hydrogen) atoms. The van der Waals surface area contributed by atoms with E-state index in [0.29, 0.717) is 0 Å². The van der Waals surface area contributed by atoms with Crippen LogP contribution in [0.2, 0.25) is 0 Å². The van der Waals surface area contributed by atoms with E-state index < -0.39 is 0 Å². The molecule has 0 saturated carbocycles. The SMILES string of the molecule is CCO.Cc1ccccc1.[Mg]. The van der Waals surface area contributed by atoms with Crippen LogP contribution in [0.25, 0.3) is 0 Å². The van der Waals surface area contributed by atoms with Gasteiger partial charge in [-0.3, -0.25) is 0 Å². The molecule has 0 bridgehead atoms.